The summed E-state index contributed by atoms with van der Waals surface area (Å²) in [6.07, 6.45) is 2.49. The Balaban J connectivity index is 4.11. The molecule has 1 unspecified atom stereocenters. The highest BCUT2D eigenvalue weighted by Gasteiger charge is 2.17. The molecular formula is C12H28N2. The Morgan fingerprint density at radius 3 is 2.14 bits per heavy atom. The molecular weight excluding hydrogens is 172 g/mol. The van der Waals surface area contributed by atoms with Crippen LogP contribution in [0.15, 0.2) is 0 Å². The second kappa shape index (κ2) is 8.25. The summed E-state index contributed by atoms with van der Waals surface area (Å²) < 4.78 is 0. The molecule has 0 rings (SSSR count). The van der Waals surface area contributed by atoms with E-state index in [0.717, 1.165) is 13.1 Å². The van der Waals surface area contributed by atoms with E-state index in [0.29, 0.717) is 12.1 Å². The first-order valence-corrected chi connectivity index (χ1v) is 6.13. The number of likely N-dealkylation sites (N-methyl/N-ethyl adjacent to an activating group) is 1. The maximum Gasteiger partial charge on any atom is 0.0220 e. The summed E-state index contributed by atoms with van der Waals surface area (Å²) in [5, 5.41) is 3.45. The zero-order valence-electron chi connectivity index (χ0n) is 10.6. The summed E-state index contributed by atoms with van der Waals surface area (Å²) in [4.78, 5) is 2.61. The van der Waals surface area contributed by atoms with Crippen LogP contribution < -0.4 is 5.32 Å². The lowest BCUT2D eigenvalue weighted by Crippen LogP contribution is -2.46. The molecule has 0 saturated carbocycles. The topological polar surface area (TPSA) is 15.3 Å². The van der Waals surface area contributed by atoms with Crippen LogP contribution in [0.4, 0.5) is 0 Å². The molecule has 0 aromatic rings. The maximum absolute atomic E-state index is 3.45. The monoisotopic (exact) mass is 200 g/mol. The quantitative estimate of drug-likeness (QED) is 0.647. The van der Waals surface area contributed by atoms with Crippen molar-refractivity contribution in [2.75, 3.05) is 19.6 Å². The Morgan fingerprint density at radius 1 is 1.14 bits per heavy atom. The first-order chi connectivity index (χ1) is 6.67. The predicted molar refractivity (Wildman–Crippen MR) is 64.8 cm³/mol. The average molecular weight is 200 g/mol. The van der Waals surface area contributed by atoms with Gasteiger partial charge in [-0.1, -0.05) is 20.8 Å². The van der Waals surface area contributed by atoms with Crippen molar-refractivity contribution in [1.82, 2.24) is 10.2 Å². The van der Waals surface area contributed by atoms with Crippen molar-refractivity contribution in [1.29, 1.82) is 0 Å². The maximum atomic E-state index is 3.45. The van der Waals surface area contributed by atoms with Gasteiger partial charge in [-0.25, -0.2) is 0 Å². The number of nitrogens with one attached hydrogen (secondary N) is 1. The summed E-state index contributed by atoms with van der Waals surface area (Å²) in [6, 6.07) is 1.37. The molecule has 2 heteroatoms. The van der Waals surface area contributed by atoms with Gasteiger partial charge in [-0.05, 0) is 39.8 Å². The fraction of sp³-hybridized carbons (Fsp3) is 1.00. The van der Waals surface area contributed by atoms with Crippen LogP contribution in [0.3, 0.4) is 0 Å². The lowest BCUT2D eigenvalue weighted by Gasteiger charge is -2.34. The minimum absolute atomic E-state index is 0.665. The van der Waals surface area contributed by atoms with E-state index in [1.54, 1.807) is 0 Å². The number of hydrogen-bond acceptors (Lipinski definition) is 2. The molecule has 0 bridgehead atoms. The summed E-state index contributed by atoms with van der Waals surface area (Å²) in [5.41, 5.74) is 0. The van der Waals surface area contributed by atoms with E-state index in [4.69, 9.17) is 0 Å². The Morgan fingerprint density at radius 2 is 1.79 bits per heavy atom. The van der Waals surface area contributed by atoms with Gasteiger partial charge in [0.05, 0.1) is 0 Å². The van der Waals surface area contributed by atoms with Crippen molar-refractivity contribution in [2.45, 2.75) is 59.5 Å². The third kappa shape index (κ3) is 4.97. The molecule has 0 aliphatic heterocycles. The zero-order chi connectivity index (χ0) is 11.0. The largest absolute Gasteiger partial charge is 0.315 e. The van der Waals surface area contributed by atoms with Crippen molar-refractivity contribution >= 4 is 0 Å². The molecule has 0 saturated heterocycles. The highest BCUT2D eigenvalue weighted by atomic mass is 15.2. The van der Waals surface area contributed by atoms with Gasteiger partial charge in [-0.3, -0.25) is 4.90 Å². The Kier molecular flexibility index (Phi) is 8.20. The highest BCUT2D eigenvalue weighted by molar-refractivity contribution is 4.75. The van der Waals surface area contributed by atoms with Gasteiger partial charge in [0.25, 0.3) is 0 Å². The molecule has 86 valence electrons. The molecule has 0 aromatic carbocycles. The third-order valence-corrected chi connectivity index (χ3v) is 2.72. The van der Waals surface area contributed by atoms with Crippen LogP contribution >= 0.6 is 0 Å². The Labute approximate surface area is 90.1 Å². The molecule has 0 aliphatic rings. The molecule has 1 atom stereocenters. The molecule has 0 fully saturated rings. The van der Waals surface area contributed by atoms with Gasteiger partial charge < -0.3 is 5.32 Å². The van der Waals surface area contributed by atoms with Crippen LogP contribution in [0, 0.1) is 0 Å². The van der Waals surface area contributed by atoms with Crippen LogP contribution in [0.1, 0.15) is 47.5 Å². The summed E-state index contributed by atoms with van der Waals surface area (Å²) >= 11 is 0. The summed E-state index contributed by atoms with van der Waals surface area (Å²) in [7, 11) is 0. The first kappa shape index (κ1) is 13.9. The zero-order valence-corrected chi connectivity index (χ0v) is 10.6. The van der Waals surface area contributed by atoms with Gasteiger partial charge in [0, 0.05) is 18.6 Å². The molecule has 0 aromatic heterocycles. The first-order valence-electron chi connectivity index (χ1n) is 6.13. The minimum atomic E-state index is 0.665. The van der Waals surface area contributed by atoms with Gasteiger partial charge in [0.15, 0.2) is 0 Å². The molecule has 14 heavy (non-hydrogen) atoms. The lowest BCUT2D eigenvalue weighted by molar-refractivity contribution is 0.146. The SMILES string of the molecule is CCCN(C(C)C)C(CC)CNCC. The van der Waals surface area contributed by atoms with Gasteiger partial charge in [0.2, 0.25) is 0 Å². The number of rotatable bonds is 8. The highest BCUT2D eigenvalue weighted by Crippen LogP contribution is 2.09. The Bertz CT molecular complexity index is 123. The summed E-state index contributed by atoms with van der Waals surface area (Å²) in [6.45, 7) is 14.7. The van der Waals surface area contributed by atoms with E-state index < -0.39 is 0 Å². The van der Waals surface area contributed by atoms with E-state index in [9.17, 15) is 0 Å². The van der Waals surface area contributed by atoms with Gasteiger partial charge in [-0.2, -0.15) is 0 Å². The third-order valence-electron chi connectivity index (χ3n) is 2.72. The second-order valence-electron chi connectivity index (χ2n) is 4.20. The average Bonchev–Trinajstić information content (AvgIpc) is 2.17. The fourth-order valence-electron chi connectivity index (χ4n) is 1.93. The molecule has 0 aliphatic carbocycles. The van der Waals surface area contributed by atoms with E-state index in [1.807, 2.05) is 0 Å². The summed E-state index contributed by atoms with van der Waals surface area (Å²) in [5.74, 6) is 0. The number of hydrogen-bond donors (Lipinski definition) is 1. The van der Waals surface area contributed by atoms with Crippen LogP contribution in [0.25, 0.3) is 0 Å². The Hall–Kier alpha value is -0.0800. The smallest absolute Gasteiger partial charge is 0.0220 e. The van der Waals surface area contributed by atoms with Gasteiger partial charge in [0.1, 0.15) is 0 Å². The molecule has 0 amide bonds. The van der Waals surface area contributed by atoms with Crippen molar-refractivity contribution in [3.63, 3.8) is 0 Å². The van der Waals surface area contributed by atoms with Gasteiger partial charge >= 0.3 is 0 Å². The van der Waals surface area contributed by atoms with Crippen LogP contribution in [-0.4, -0.2) is 36.6 Å². The van der Waals surface area contributed by atoms with E-state index in [-0.39, 0.29) is 0 Å². The number of nitrogens with zero attached hydrogens (tertiary/aromatic N) is 1. The van der Waals surface area contributed by atoms with E-state index in [1.165, 1.54) is 19.4 Å². The predicted octanol–water partition coefficient (Wildman–Crippen LogP) is 2.49. The van der Waals surface area contributed by atoms with Crippen LogP contribution in [0.5, 0.6) is 0 Å². The lowest BCUT2D eigenvalue weighted by atomic mass is 10.1. The molecule has 0 spiro atoms. The molecule has 2 nitrogen and oxygen atoms in total. The van der Waals surface area contributed by atoms with Gasteiger partial charge in [-0.15, -0.1) is 0 Å². The molecule has 0 radical (unpaired) electrons. The minimum Gasteiger partial charge on any atom is -0.315 e. The van der Waals surface area contributed by atoms with E-state index in [2.05, 4.69) is 44.8 Å². The van der Waals surface area contributed by atoms with E-state index >= 15 is 0 Å². The second-order valence-corrected chi connectivity index (χ2v) is 4.20. The van der Waals surface area contributed by atoms with Crippen LogP contribution in [-0.2, 0) is 0 Å². The van der Waals surface area contributed by atoms with Crippen molar-refractivity contribution in [3.05, 3.63) is 0 Å². The van der Waals surface area contributed by atoms with Crippen molar-refractivity contribution in [3.8, 4) is 0 Å². The normalized spacial score (nSPS) is 13.9. The standard InChI is InChI=1S/C12H28N2/c1-6-9-14(11(4)5)12(7-2)10-13-8-3/h11-13H,6-10H2,1-5H3. The fourth-order valence-corrected chi connectivity index (χ4v) is 1.93. The molecule has 0 heterocycles. The molecule has 1 N–H and O–H groups in total. The van der Waals surface area contributed by atoms with Crippen molar-refractivity contribution in [2.24, 2.45) is 0 Å². The van der Waals surface area contributed by atoms with Crippen molar-refractivity contribution < 1.29 is 0 Å². The van der Waals surface area contributed by atoms with Crippen LogP contribution in [0.2, 0.25) is 0 Å².